The van der Waals surface area contributed by atoms with Crippen molar-refractivity contribution in [2.24, 2.45) is 0 Å². The summed E-state index contributed by atoms with van der Waals surface area (Å²) in [6.07, 6.45) is 2.26. The molecule has 31 heavy (non-hydrogen) atoms. The summed E-state index contributed by atoms with van der Waals surface area (Å²) in [4.78, 5) is 16.4. The Bertz CT molecular complexity index is 1220. The van der Waals surface area contributed by atoms with Gasteiger partial charge in [-0.1, -0.05) is 24.3 Å². The summed E-state index contributed by atoms with van der Waals surface area (Å²) in [6, 6.07) is 13.3. The molecule has 1 atom stereocenters. The SMILES string of the molecule is CCOC(=O)c1cc2c(cn1)c([C@H](O)c1ccc(F)cc1)cn2Cc1ccc(F)cc1. The number of carbonyl (C=O) groups excluding carboxylic acids is 1. The lowest BCUT2D eigenvalue weighted by atomic mass is 10.0. The lowest BCUT2D eigenvalue weighted by Gasteiger charge is -2.10. The van der Waals surface area contributed by atoms with Crippen LogP contribution in [0.1, 0.15) is 40.2 Å². The lowest BCUT2D eigenvalue weighted by molar-refractivity contribution is 0.0519. The molecule has 0 aliphatic heterocycles. The molecule has 2 aromatic heterocycles. The Morgan fingerprint density at radius 3 is 2.39 bits per heavy atom. The number of aliphatic hydroxyl groups excluding tert-OH is 1. The third kappa shape index (κ3) is 4.32. The number of aliphatic hydroxyl groups is 1. The smallest absolute Gasteiger partial charge is 0.356 e. The molecule has 2 aromatic carbocycles. The second-order valence-corrected chi connectivity index (χ2v) is 7.10. The van der Waals surface area contributed by atoms with Crippen LogP contribution in [0.4, 0.5) is 8.78 Å². The van der Waals surface area contributed by atoms with Crippen LogP contribution in [-0.4, -0.2) is 27.2 Å². The molecular formula is C24H20F2N2O3. The second-order valence-electron chi connectivity index (χ2n) is 7.10. The lowest BCUT2D eigenvalue weighted by Crippen LogP contribution is -2.07. The molecule has 4 rings (SSSR count). The van der Waals surface area contributed by atoms with Crippen molar-refractivity contribution in [1.82, 2.24) is 9.55 Å². The molecule has 4 aromatic rings. The number of carbonyl (C=O) groups is 1. The fourth-order valence-corrected chi connectivity index (χ4v) is 3.49. The number of hydrogen-bond acceptors (Lipinski definition) is 4. The molecule has 7 heteroatoms. The molecular weight excluding hydrogens is 402 g/mol. The number of pyridine rings is 1. The van der Waals surface area contributed by atoms with Crippen molar-refractivity contribution < 1.29 is 23.4 Å². The van der Waals surface area contributed by atoms with E-state index in [4.69, 9.17) is 4.74 Å². The zero-order chi connectivity index (χ0) is 22.0. The molecule has 1 N–H and O–H groups in total. The Morgan fingerprint density at radius 1 is 1.10 bits per heavy atom. The second kappa shape index (κ2) is 8.65. The molecule has 0 spiro atoms. The highest BCUT2D eigenvalue weighted by atomic mass is 19.1. The van der Waals surface area contributed by atoms with Gasteiger partial charge in [0.1, 0.15) is 23.4 Å². The summed E-state index contributed by atoms with van der Waals surface area (Å²) in [6.45, 7) is 2.33. The van der Waals surface area contributed by atoms with Crippen LogP contribution < -0.4 is 0 Å². The number of rotatable bonds is 6. The Labute approximate surface area is 177 Å². The van der Waals surface area contributed by atoms with E-state index in [1.165, 1.54) is 42.6 Å². The van der Waals surface area contributed by atoms with Crippen molar-refractivity contribution in [2.75, 3.05) is 6.61 Å². The maximum Gasteiger partial charge on any atom is 0.356 e. The minimum absolute atomic E-state index is 0.149. The van der Waals surface area contributed by atoms with E-state index in [1.807, 2.05) is 4.57 Å². The van der Waals surface area contributed by atoms with Gasteiger partial charge in [0.25, 0.3) is 0 Å². The molecule has 158 valence electrons. The molecule has 0 bridgehead atoms. The van der Waals surface area contributed by atoms with Crippen molar-refractivity contribution in [3.63, 3.8) is 0 Å². The Kier molecular flexibility index (Phi) is 5.77. The number of halogens is 2. The first-order valence-electron chi connectivity index (χ1n) is 9.80. The van der Waals surface area contributed by atoms with Gasteiger partial charge in [0.15, 0.2) is 0 Å². The molecule has 0 aliphatic carbocycles. The first-order chi connectivity index (χ1) is 15.0. The van der Waals surface area contributed by atoms with E-state index in [9.17, 15) is 18.7 Å². The number of aromatic nitrogens is 2. The molecule has 0 unspecified atom stereocenters. The van der Waals surface area contributed by atoms with Gasteiger partial charge in [-0.3, -0.25) is 0 Å². The van der Waals surface area contributed by atoms with E-state index in [-0.39, 0.29) is 18.1 Å². The van der Waals surface area contributed by atoms with Crippen LogP contribution >= 0.6 is 0 Å². The zero-order valence-electron chi connectivity index (χ0n) is 16.8. The van der Waals surface area contributed by atoms with Crippen molar-refractivity contribution in [3.8, 4) is 0 Å². The third-order valence-corrected chi connectivity index (χ3v) is 5.03. The van der Waals surface area contributed by atoms with Crippen LogP contribution in [0, 0.1) is 11.6 Å². The van der Waals surface area contributed by atoms with Crippen LogP contribution in [0.15, 0.2) is 67.0 Å². The van der Waals surface area contributed by atoms with Crippen LogP contribution in [0.5, 0.6) is 0 Å². The monoisotopic (exact) mass is 422 g/mol. The van der Waals surface area contributed by atoms with Crippen LogP contribution in [0.25, 0.3) is 10.9 Å². The van der Waals surface area contributed by atoms with Gasteiger partial charge in [-0.25, -0.2) is 18.6 Å². The van der Waals surface area contributed by atoms with Gasteiger partial charge in [-0.15, -0.1) is 0 Å². The topological polar surface area (TPSA) is 64.3 Å². The van der Waals surface area contributed by atoms with Gasteiger partial charge in [0, 0.05) is 29.9 Å². The molecule has 0 saturated heterocycles. The van der Waals surface area contributed by atoms with Gasteiger partial charge in [0.2, 0.25) is 0 Å². The summed E-state index contributed by atoms with van der Waals surface area (Å²) in [7, 11) is 0. The Hall–Kier alpha value is -3.58. The number of ether oxygens (including phenoxy) is 1. The maximum absolute atomic E-state index is 13.3. The van der Waals surface area contributed by atoms with Gasteiger partial charge in [-0.2, -0.15) is 0 Å². The van der Waals surface area contributed by atoms with Gasteiger partial charge >= 0.3 is 5.97 Å². The fourth-order valence-electron chi connectivity index (χ4n) is 3.49. The highest BCUT2D eigenvalue weighted by molar-refractivity contribution is 5.93. The number of esters is 1. The first-order valence-corrected chi connectivity index (χ1v) is 9.80. The predicted octanol–water partition coefficient (Wildman–Crippen LogP) is 4.62. The van der Waals surface area contributed by atoms with Gasteiger partial charge < -0.3 is 14.4 Å². The van der Waals surface area contributed by atoms with Crippen molar-refractivity contribution in [2.45, 2.75) is 19.6 Å². The summed E-state index contributed by atoms with van der Waals surface area (Å²) in [5.74, 6) is -1.27. The summed E-state index contributed by atoms with van der Waals surface area (Å²) < 4.78 is 33.5. The van der Waals surface area contributed by atoms with E-state index in [1.54, 1.807) is 31.3 Å². The minimum atomic E-state index is -1.02. The minimum Gasteiger partial charge on any atom is -0.461 e. The zero-order valence-corrected chi connectivity index (χ0v) is 16.8. The molecule has 0 amide bonds. The van der Waals surface area contributed by atoms with Crippen LogP contribution in [0.3, 0.4) is 0 Å². The average Bonchev–Trinajstić information content (AvgIpc) is 3.13. The highest BCUT2D eigenvalue weighted by Gasteiger charge is 2.20. The van der Waals surface area contributed by atoms with E-state index in [2.05, 4.69) is 4.98 Å². The normalized spacial score (nSPS) is 12.1. The Morgan fingerprint density at radius 2 is 1.74 bits per heavy atom. The number of nitrogens with zero attached hydrogens (tertiary/aromatic N) is 2. The van der Waals surface area contributed by atoms with E-state index >= 15 is 0 Å². The van der Waals surface area contributed by atoms with Crippen LogP contribution in [0.2, 0.25) is 0 Å². The van der Waals surface area contributed by atoms with Crippen molar-refractivity contribution in [1.29, 1.82) is 0 Å². The molecule has 2 heterocycles. The summed E-state index contributed by atoms with van der Waals surface area (Å²) in [5, 5.41) is 11.6. The molecule has 0 fully saturated rings. The summed E-state index contributed by atoms with van der Waals surface area (Å²) >= 11 is 0. The summed E-state index contributed by atoms with van der Waals surface area (Å²) in [5.41, 5.74) is 2.74. The van der Waals surface area contributed by atoms with E-state index in [0.717, 1.165) is 5.56 Å². The standard InChI is InChI=1S/C24H20F2N2O3/c1-2-31-24(30)21-11-22-19(12-27-21)20(23(29)16-5-9-18(26)10-6-16)14-28(22)13-15-3-7-17(25)8-4-15/h3-12,14,23,29H,2,13H2,1H3/t23-/m1/s1. The molecule has 0 radical (unpaired) electrons. The molecule has 5 nitrogen and oxygen atoms in total. The van der Waals surface area contributed by atoms with Gasteiger partial charge in [0.05, 0.1) is 12.1 Å². The maximum atomic E-state index is 13.3. The van der Waals surface area contributed by atoms with E-state index in [0.29, 0.717) is 28.6 Å². The Balaban J connectivity index is 1.81. The van der Waals surface area contributed by atoms with Crippen molar-refractivity contribution >= 4 is 16.9 Å². The van der Waals surface area contributed by atoms with Crippen LogP contribution in [-0.2, 0) is 11.3 Å². The third-order valence-electron chi connectivity index (χ3n) is 5.03. The predicted molar refractivity (Wildman–Crippen MR) is 112 cm³/mol. The molecule has 0 aliphatic rings. The fraction of sp³-hybridized carbons (Fsp3) is 0.167. The highest BCUT2D eigenvalue weighted by Crippen LogP contribution is 2.31. The molecule has 0 saturated carbocycles. The van der Waals surface area contributed by atoms with Crippen molar-refractivity contribution in [3.05, 3.63) is 101 Å². The van der Waals surface area contributed by atoms with E-state index < -0.39 is 17.9 Å². The number of fused-ring (bicyclic) bond motifs is 1. The van der Waals surface area contributed by atoms with Gasteiger partial charge in [-0.05, 0) is 48.4 Å². The quantitative estimate of drug-likeness (QED) is 0.461. The first kappa shape index (κ1) is 20.7. The average molecular weight is 422 g/mol. The largest absolute Gasteiger partial charge is 0.461 e. The number of hydrogen-bond donors (Lipinski definition) is 1. The number of benzene rings is 2.